The Morgan fingerprint density at radius 2 is 1.28 bits per heavy atom. The molecule has 1 atom stereocenters. The number of aliphatic hydroxyl groups is 1. The van der Waals surface area contributed by atoms with Gasteiger partial charge in [-0.25, -0.2) is 0 Å². The van der Waals surface area contributed by atoms with Crippen LogP contribution in [-0.4, -0.2) is 5.11 Å². The van der Waals surface area contributed by atoms with Crippen molar-refractivity contribution in [2.24, 2.45) is 5.92 Å². The number of hydrogen-bond donors (Lipinski definition) is 1. The first-order valence-corrected chi connectivity index (χ1v) is 12.6. The molecule has 0 saturated heterocycles. The van der Waals surface area contributed by atoms with Gasteiger partial charge in [-0.05, 0) is 69.7 Å². The molecule has 1 nitrogen and oxygen atoms in total. The van der Waals surface area contributed by atoms with E-state index >= 15 is 0 Å². The third kappa shape index (κ3) is 5.90. The van der Waals surface area contributed by atoms with Crippen LogP contribution in [0.25, 0.3) is 22.3 Å². The average Bonchev–Trinajstić information content (AvgIpc) is 2.86. The summed E-state index contributed by atoms with van der Waals surface area (Å²) in [4.78, 5) is 0. The summed E-state index contributed by atoms with van der Waals surface area (Å²) in [6, 6.07) is 22.5. The lowest BCUT2D eigenvalue weighted by Gasteiger charge is -2.16. The van der Waals surface area contributed by atoms with Crippen LogP contribution in [0.5, 0.6) is 0 Å². The molecule has 3 rings (SSSR count). The van der Waals surface area contributed by atoms with Gasteiger partial charge >= 0.3 is 0 Å². The molecule has 0 saturated carbocycles. The number of rotatable bonds is 11. The fourth-order valence-electron chi connectivity index (χ4n) is 4.75. The van der Waals surface area contributed by atoms with Crippen LogP contribution in [0.2, 0.25) is 0 Å². The molecule has 0 radical (unpaired) electrons. The zero-order chi connectivity index (χ0) is 22.9. The normalized spacial score (nSPS) is 12.2. The fraction of sp³-hybridized carbons (Fsp3) is 0.419. The van der Waals surface area contributed by atoms with E-state index in [2.05, 4.69) is 82.3 Å². The molecule has 0 aromatic heterocycles. The molecule has 3 aromatic carbocycles. The van der Waals surface area contributed by atoms with Crippen molar-refractivity contribution in [2.45, 2.75) is 79.2 Å². The van der Waals surface area contributed by atoms with Crippen LogP contribution >= 0.6 is 0 Å². The smallest absolute Gasteiger partial charge is 0.0681 e. The standard InChI is InChI=1S/C31H40O/c1-5-9-10-23(6-2)19-24-11-14-28(15-12-24)30-18-16-29(21-27(30)8-4)31-17-13-25(22-32)20-26(31)7-3/h11-18,20-21,23,32H,5-10,19,22H2,1-4H3. The molecule has 0 aliphatic carbocycles. The van der Waals surface area contributed by atoms with Crippen molar-refractivity contribution in [3.8, 4) is 22.3 Å². The highest BCUT2D eigenvalue weighted by Crippen LogP contribution is 2.32. The Morgan fingerprint density at radius 3 is 1.91 bits per heavy atom. The summed E-state index contributed by atoms with van der Waals surface area (Å²) < 4.78 is 0. The molecule has 3 aromatic rings. The van der Waals surface area contributed by atoms with Gasteiger partial charge in [0, 0.05) is 0 Å². The summed E-state index contributed by atoms with van der Waals surface area (Å²) in [6.45, 7) is 9.13. The SMILES string of the molecule is CCCCC(CC)Cc1ccc(-c2ccc(-c3ccc(CO)cc3CC)cc2CC)cc1. The van der Waals surface area contributed by atoms with E-state index in [9.17, 15) is 5.11 Å². The zero-order valence-electron chi connectivity index (χ0n) is 20.5. The summed E-state index contributed by atoms with van der Waals surface area (Å²) in [7, 11) is 0. The van der Waals surface area contributed by atoms with Gasteiger partial charge in [-0.3, -0.25) is 0 Å². The highest BCUT2D eigenvalue weighted by Gasteiger charge is 2.11. The maximum Gasteiger partial charge on any atom is 0.0681 e. The van der Waals surface area contributed by atoms with E-state index in [1.807, 2.05) is 6.07 Å². The van der Waals surface area contributed by atoms with Gasteiger partial charge in [0.15, 0.2) is 0 Å². The van der Waals surface area contributed by atoms with Crippen LogP contribution in [0.1, 0.15) is 75.6 Å². The van der Waals surface area contributed by atoms with Crippen LogP contribution in [0.15, 0.2) is 60.7 Å². The second-order valence-corrected chi connectivity index (χ2v) is 9.05. The molecule has 0 aliphatic heterocycles. The number of aliphatic hydroxyl groups excluding tert-OH is 1. The van der Waals surface area contributed by atoms with Crippen molar-refractivity contribution >= 4 is 0 Å². The first kappa shape index (κ1) is 24.3. The molecule has 1 N–H and O–H groups in total. The van der Waals surface area contributed by atoms with Gasteiger partial charge in [-0.2, -0.15) is 0 Å². The minimum atomic E-state index is 0.0973. The number of benzene rings is 3. The van der Waals surface area contributed by atoms with Gasteiger partial charge in [0.1, 0.15) is 0 Å². The number of unbranched alkanes of at least 4 members (excludes halogenated alkanes) is 1. The Hall–Kier alpha value is -2.38. The maximum absolute atomic E-state index is 9.48. The van der Waals surface area contributed by atoms with E-state index in [0.717, 1.165) is 24.3 Å². The summed E-state index contributed by atoms with van der Waals surface area (Å²) in [5, 5.41) is 9.48. The Morgan fingerprint density at radius 1 is 0.688 bits per heavy atom. The van der Waals surface area contributed by atoms with Crippen molar-refractivity contribution in [3.05, 3.63) is 82.9 Å². The van der Waals surface area contributed by atoms with Gasteiger partial charge in [-0.15, -0.1) is 0 Å². The van der Waals surface area contributed by atoms with Gasteiger partial charge < -0.3 is 5.11 Å². The minimum Gasteiger partial charge on any atom is -0.392 e. The molecule has 0 aliphatic rings. The van der Waals surface area contributed by atoms with E-state index in [4.69, 9.17) is 0 Å². The number of aryl methyl sites for hydroxylation is 2. The van der Waals surface area contributed by atoms with Crippen LogP contribution in [0.3, 0.4) is 0 Å². The molecule has 1 heteroatoms. The third-order valence-corrected chi connectivity index (χ3v) is 6.86. The van der Waals surface area contributed by atoms with Crippen molar-refractivity contribution < 1.29 is 5.11 Å². The van der Waals surface area contributed by atoms with E-state index in [-0.39, 0.29) is 6.61 Å². The Bertz CT molecular complexity index is 984. The van der Waals surface area contributed by atoms with E-state index in [1.54, 1.807) is 0 Å². The third-order valence-electron chi connectivity index (χ3n) is 6.86. The predicted octanol–water partition coefficient (Wildman–Crippen LogP) is 8.40. The van der Waals surface area contributed by atoms with E-state index in [0.29, 0.717) is 0 Å². The molecule has 32 heavy (non-hydrogen) atoms. The fourth-order valence-corrected chi connectivity index (χ4v) is 4.75. The summed E-state index contributed by atoms with van der Waals surface area (Å²) in [5.41, 5.74) is 10.3. The summed E-state index contributed by atoms with van der Waals surface area (Å²) >= 11 is 0. The van der Waals surface area contributed by atoms with Crippen LogP contribution < -0.4 is 0 Å². The van der Waals surface area contributed by atoms with Crippen LogP contribution in [0.4, 0.5) is 0 Å². The van der Waals surface area contributed by atoms with E-state index < -0.39 is 0 Å². The molecule has 0 spiro atoms. The second-order valence-electron chi connectivity index (χ2n) is 9.05. The largest absolute Gasteiger partial charge is 0.392 e. The zero-order valence-corrected chi connectivity index (χ0v) is 20.5. The van der Waals surface area contributed by atoms with Crippen molar-refractivity contribution in [1.29, 1.82) is 0 Å². The molecule has 0 bridgehead atoms. The maximum atomic E-state index is 9.48. The topological polar surface area (TPSA) is 20.2 Å². The molecule has 0 amide bonds. The molecular weight excluding hydrogens is 388 g/mol. The van der Waals surface area contributed by atoms with Gasteiger partial charge in [-0.1, -0.05) is 114 Å². The number of hydrogen-bond acceptors (Lipinski definition) is 1. The summed E-state index contributed by atoms with van der Waals surface area (Å²) in [6.07, 6.45) is 8.40. The quantitative estimate of drug-likeness (QED) is 0.325. The molecule has 0 fully saturated rings. The highest BCUT2D eigenvalue weighted by atomic mass is 16.3. The lowest BCUT2D eigenvalue weighted by Crippen LogP contribution is -2.03. The van der Waals surface area contributed by atoms with Gasteiger partial charge in [0.25, 0.3) is 0 Å². The lowest BCUT2D eigenvalue weighted by atomic mass is 9.89. The Kier molecular flexibility index (Phi) is 9.11. The van der Waals surface area contributed by atoms with Crippen molar-refractivity contribution in [3.63, 3.8) is 0 Å². The molecule has 170 valence electrons. The minimum absolute atomic E-state index is 0.0973. The second kappa shape index (κ2) is 12.0. The van der Waals surface area contributed by atoms with Gasteiger partial charge in [0.05, 0.1) is 6.61 Å². The Balaban J connectivity index is 1.85. The first-order chi connectivity index (χ1) is 15.6. The van der Waals surface area contributed by atoms with Gasteiger partial charge in [0.2, 0.25) is 0 Å². The van der Waals surface area contributed by atoms with E-state index in [1.165, 1.54) is 71.0 Å². The van der Waals surface area contributed by atoms with Crippen LogP contribution in [0, 0.1) is 5.92 Å². The monoisotopic (exact) mass is 428 g/mol. The molecular formula is C31H40O. The highest BCUT2D eigenvalue weighted by molar-refractivity contribution is 5.75. The summed E-state index contributed by atoms with van der Waals surface area (Å²) in [5.74, 6) is 0.802. The Labute approximate surface area is 195 Å². The average molecular weight is 429 g/mol. The lowest BCUT2D eigenvalue weighted by molar-refractivity contribution is 0.282. The van der Waals surface area contributed by atoms with Crippen molar-refractivity contribution in [1.82, 2.24) is 0 Å². The first-order valence-electron chi connectivity index (χ1n) is 12.6. The molecule has 1 unspecified atom stereocenters. The molecule has 0 heterocycles. The van der Waals surface area contributed by atoms with Crippen LogP contribution in [-0.2, 0) is 25.9 Å². The van der Waals surface area contributed by atoms with Crippen molar-refractivity contribution in [2.75, 3.05) is 0 Å². The predicted molar refractivity (Wildman–Crippen MR) is 139 cm³/mol.